The summed E-state index contributed by atoms with van der Waals surface area (Å²) in [6, 6.07) is 5.69. The Hall–Kier alpha value is -1.75. The van der Waals surface area contributed by atoms with Gasteiger partial charge in [0.15, 0.2) is 10.6 Å². The van der Waals surface area contributed by atoms with E-state index in [0.717, 1.165) is 15.8 Å². The van der Waals surface area contributed by atoms with E-state index in [-0.39, 0.29) is 18.2 Å². The summed E-state index contributed by atoms with van der Waals surface area (Å²) in [6.07, 6.45) is -0.198. The van der Waals surface area contributed by atoms with E-state index in [4.69, 9.17) is 14.2 Å². The molecule has 4 nitrogen and oxygen atoms in total. The van der Waals surface area contributed by atoms with Gasteiger partial charge in [0.05, 0.1) is 24.0 Å². The van der Waals surface area contributed by atoms with Crippen LogP contribution in [0.25, 0.3) is 10.1 Å². The van der Waals surface area contributed by atoms with Crippen molar-refractivity contribution in [3.63, 3.8) is 0 Å². The van der Waals surface area contributed by atoms with Crippen molar-refractivity contribution in [3.8, 4) is 11.5 Å². The molecule has 0 saturated heterocycles. The predicted molar refractivity (Wildman–Crippen MR) is 84.7 cm³/mol. The highest BCUT2D eigenvalue weighted by Gasteiger charge is 2.24. The van der Waals surface area contributed by atoms with E-state index in [1.807, 2.05) is 45.9 Å². The predicted octanol–water partition coefficient (Wildman–Crippen LogP) is 4.26. The van der Waals surface area contributed by atoms with Crippen LogP contribution in [0.15, 0.2) is 18.2 Å². The monoisotopic (exact) mass is 308 g/mol. The summed E-state index contributed by atoms with van der Waals surface area (Å²) in [5, 5.41) is 0.878. The number of hydrogen-bond acceptors (Lipinski definition) is 5. The van der Waals surface area contributed by atoms with Crippen LogP contribution in [0.3, 0.4) is 0 Å². The second-order valence-electron chi connectivity index (χ2n) is 5.22. The fraction of sp³-hybridized carbons (Fsp3) is 0.438. The van der Waals surface area contributed by atoms with Crippen LogP contribution in [0, 0.1) is 0 Å². The Morgan fingerprint density at radius 1 is 1.14 bits per heavy atom. The van der Waals surface area contributed by atoms with Crippen molar-refractivity contribution in [2.75, 3.05) is 7.11 Å². The van der Waals surface area contributed by atoms with Gasteiger partial charge in [0.25, 0.3) is 0 Å². The van der Waals surface area contributed by atoms with Gasteiger partial charge in [0.2, 0.25) is 0 Å². The fourth-order valence-electron chi connectivity index (χ4n) is 1.99. The van der Waals surface area contributed by atoms with Crippen LogP contribution in [-0.4, -0.2) is 25.3 Å². The zero-order chi connectivity index (χ0) is 15.6. The first-order chi connectivity index (χ1) is 9.93. The molecule has 5 heteroatoms. The van der Waals surface area contributed by atoms with Crippen LogP contribution < -0.4 is 9.47 Å². The third-order valence-corrected chi connectivity index (χ3v) is 3.92. The molecule has 0 aliphatic heterocycles. The maximum absolute atomic E-state index is 12.3. The molecule has 2 rings (SSSR count). The highest BCUT2D eigenvalue weighted by atomic mass is 32.1. The number of fused-ring (bicyclic) bond motifs is 1. The van der Waals surface area contributed by atoms with Crippen LogP contribution in [0.1, 0.15) is 37.4 Å². The molecule has 1 aromatic heterocycles. The number of rotatable bonds is 5. The van der Waals surface area contributed by atoms with Crippen LogP contribution in [0.2, 0.25) is 0 Å². The molecule has 0 aliphatic rings. The number of esters is 1. The molecule has 0 amide bonds. The van der Waals surface area contributed by atoms with E-state index in [2.05, 4.69) is 0 Å². The van der Waals surface area contributed by atoms with Crippen LogP contribution in [-0.2, 0) is 4.74 Å². The first-order valence-corrected chi connectivity index (χ1v) is 7.72. The molecule has 1 heterocycles. The van der Waals surface area contributed by atoms with Crippen LogP contribution in [0.5, 0.6) is 11.5 Å². The summed E-state index contributed by atoms with van der Waals surface area (Å²) in [6.45, 7) is 7.52. The minimum atomic E-state index is -0.357. The molecule has 0 saturated carbocycles. The summed E-state index contributed by atoms with van der Waals surface area (Å²) in [4.78, 5) is 12.8. The van der Waals surface area contributed by atoms with Gasteiger partial charge in [-0.15, -0.1) is 11.3 Å². The molecule has 0 N–H and O–H groups in total. The second-order valence-corrected chi connectivity index (χ2v) is 6.24. The lowest BCUT2D eigenvalue weighted by Crippen LogP contribution is -2.13. The normalized spacial score (nSPS) is 11.2. The molecule has 0 unspecified atom stereocenters. The van der Waals surface area contributed by atoms with Gasteiger partial charge in [-0.2, -0.15) is 0 Å². The van der Waals surface area contributed by atoms with E-state index in [1.165, 1.54) is 11.3 Å². The first kappa shape index (κ1) is 15.6. The van der Waals surface area contributed by atoms with Crippen molar-refractivity contribution in [1.82, 2.24) is 0 Å². The van der Waals surface area contributed by atoms with E-state index in [9.17, 15) is 4.79 Å². The third kappa shape index (κ3) is 3.29. The highest BCUT2D eigenvalue weighted by molar-refractivity contribution is 7.21. The average molecular weight is 308 g/mol. The Labute approximate surface area is 128 Å². The number of ether oxygens (including phenoxy) is 3. The number of hydrogen-bond donors (Lipinski definition) is 0. The molecule has 2 aromatic rings. The number of methoxy groups -OCH3 is 1. The van der Waals surface area contributed by atoms with Gasteiger partial charge in [-0.1, -0.05) is 6.07 Å². The molecular weight excluding hydrogens is 288 g/mol. The van der Waals surface area contributed by atoms with Gasteiger partial charge in [-0.3, -0.25) is 0 Å². The quantitative estimate of drug-likeness (QED) is 0.774. The Morgan fingerprint density at radius 3 is 2.43 bits per heavy atom. The van der Waals surface area contributed by atoms with Gasteiger partial charge in [0.1, 0.15) is 5.75 Å². The summed E-state index contributed by atoms with van der Waals surface area (Å²) in [5.74, 6) is 0.952. The number of carbonyl (C=O) groups is 1. The topological polar surface area (TPSA) is 44.8 Å². The van der Waals surface area contributed by atoms with Crippen molar-refractivity contribution in [1.29, 1.82) is 0 Å². The average Bonchev–Trinajstić information content (AvgIpc) is 2.76. The third-order valence-electron chi connectivity index (χ3n) is 2.74. The molecule has 21 heavy (non-hydrogen) atoms. The molecule has 0 bridgehead atoms. The van der Waals surface area contributed by atoms with Crippen LogP contribution >= 0.6 is 11.3 Å². The number of benzene rings is 1. The largest absolute Gasteiger partial charge is 0.495 e. The summed E-state index contributed by atoms with van der Waals surface area (Å²) < 4.78 is 17.4. The lowest BCUT2D eigenvalue weighted by molar-refractivity contribution is 0.0379. The van der Waals surface area contributed by atoms with Gasteiger partial charge >= 0.3 is 5.97 Å². The van der Waals surface area contributed by atoms with E-state index in [0.29, 0.717) is 10.6 Å². The van der Waals surface area contributed by atoms with Crippen molar-refractivity contribution in [2.24, 2.45) is 0 Å². The second kappa shape index (κ2) is 6.35. The van der Waals surface area contributed by atoms with Gasteiger partial charge in [-0.05, 0) is 39.8 Å². The smallest absolute Gasteiger partial charge is 0.352 e. The molecule has 114 valence electrons. The standard InChI is InChI=1S/C16H20O4S/c1-9(2)19-13-11-7-6-8-12(18-5)14(11)21-15(13)16(17)20-10(3)4/h6-10H,1-5H3. The van der Waals surface area contributed by atoms with Crippen molar-refractivity contribution in [2.45, 2.75) is 39.9 Å². The maximum Gasteiger partial charge on any atom is 0.352 e. The molecule has 0 radical (unpaired) electrons. The van der Waals surface area contributed by atoms with E-state index >= 15 is 0 Å². The van der Waals surface area contributed by atoms with E-state index in [1.54, 1.807) is 7.11 Å². The van der Waals surface area contributed by atoms with E-state index < -0.39 is 0 Å². The Balaban J connectivity index is 2.59. The molecule has 0 spiro atoms. The van der Waals surface area contributed by atoms with Crippen molar-refractivity contribution in [3.05, 3.63) is 23.1 Å². The van der Waals surface area contributed by atoms with Crippen molar-refractivity contribution >= 4 is 27.4 Å². The van der Waals surface area contributed by atoms with Crippen LogP contribution in [0.4, 0.5) is 0 Å². The first-order valence-electron chi connectivity index (χ1n) is 6.91. The van der Waals surface area contributed by atoms with Gasteiger partial charge < -0.3 is 14.2 Å². The zero-order valence-electron chi connectivity index (χ0n) is 12.9. The Morgan fingerprint density at radius 2 is 1.86 bits per heavy atom. The molecule has 0 aliphatic carbocycles. The van der Waals surface area contributed by atoms with Crippen molar-refractivity contribution < 1.29 is 19.0 Å². The van der Waals surface area contributed by atoms with Gasteiger partial charge in [-0.25, -0.2) is 4.79 Å². The maximum atomic E-state index is 12.3. The van der Waals surface area contributed by atoms with Gasteiger partial charge in [0, 0.05) is 5.39 Å². The minimum absolute atomic E-state index is 0.0281. The summed E-state index contributed by atoms with van der Waals surface area (Å²) in [7, 11) is 1.61. The Kier molecular flexibility index (Phi) is 4.73. The summed E-state index contributed by atoms with van der Waals surface area (Å²) >= 11 is 1.34. The molecular formula is C16H20O4S. The Bertz CT molecular complexity index is 643. The highest BCUT2D eigenvalue weighted by Crippen LogP contribution is 2.43. The minimum Gasteiger partial charge on any atom is -0.495 e. The lowest BCUT2D eigenvalue weighted by Gasteiger charge is -2.12. The summed E-state index contributed by atoms with van der Waals surface area (Å²) in [5.41, 5.74) is 0. The molecule has 0 fully saturated rings. The SMILES string of the molecule is COc1cccc2c(OC(C)C)c(C(=O)OC(C)C)sc12. The number of carbonyl (C=O) groups excluding carboxylic acids is 1. The number of thiophene rings is 1. The fourth-order valence-corrected chi connectivity index (χ4v) is 3.10. The lowest BCUT2D eigenvalue weighted by atomic mass is 10.2. The molecule has 0 atom stereocenters. The zero-order valence-corrected chi connectivity index (χ0v) is 13.7. The molecule has 1 aromatic carbocycles.